The molecule has 0 bridgehead atoms. The average molecular weight is 274 g/mol. The predicted molar refractivity (Wildman–Crippen MR) is 71.2 cm³/mol. The van der Waals surface area contributed by atoms with Crippen LogP contribution in [0, 0.1) is 0 Å². The summed E-state index contributed by atoms with van der Waals surface area (Å²) in [5.74, 6) is -0.707. The summed E-state index contributed by atoms with van der Waals surface area (Å²) < 4.78 is 8.91. The summed E-state index contributed by atoms with van der Waals surface area (Å²) in [4.78, 5) is 29.0. The fourth-order valence-electron chi connectivity index (χ4n) is 1.20. The van der Waals surface area contributed by atoms with Gasteiger partial charge < -0.3 is 9.47 Å². The molecule has 0 unspecified atom stereocenters. The molecule has 0 radical (unpaired) electrons. The first-order chi connectivity index (χ1) is 9.69. The van der Waals surface area contributed by atoms with Crippen molar-refractivity contribution in [1.82, 2.24) is 9.97 Å². The molecule has 2 rings (SSSR count). The third kappa shape index (κ3) is 4.85. The zero-order valence-electron chi connectivity index (χ0n) is 11.1. The molecule has 0 aliphatic heterocycles. The van der Waals surface area contributed by atoms with Crippen molar-refractivity contribution < 1.29 is 19.1 Å². The second kappa shape index (κ2) is 8.36. The van der Waals surface area contributed by atoms with Gasteiger partial charge in [-0.25, -0.2) is 9.59 Å². The van der Waals surface area contributed by atoms with Gasteiger partial charge in [-0.1, -0.05) is 0 Å². The molecule has 2 aromatic rings. The number of nitrogens with zero attached hydrogens (tertiary/aromatic N) is 2. The second-order valence-electron chi connectivity index (χ2n) is 3.47. The molecule has 0 atom stereocenters. The highest BCUT2D eigenvalue weighted by molar-refractivity contribution is 5.89. The smallest absolute Gasteiger partial charge is 0.339 e. The molecular weight excluding hydrogens is 260 g/mol. The van der Waals surface area contributed by atoms with E-state index in [1.54, 1.807) is 36.7 Å². The molecule has 104 valence electrons. The zero-order chi connectivity index (χ0) is 14.8. The second-order valence-corrected chi connectivity index (χ2v) is 3.47. The van der Waals surface area contributed by atoms with Crippen LogP contribution in [0.3, 0.4) is 0 Å². The zero-order valence-corrected chi connectivity index (χ0v) is 11.1. The van der Waals surface area contributed by atoms with Crippen LogP contribution >= 0.6 is 0 Å². The molecule has 0 amide bonds. The van der Waals surface area contributed by atoms with Crippen molar-refractivity contribution in [3.63, 3.8) is 0 Å². The first kappa shape index (κ1) is 15.3. The van der Waals surface area contributed by atoms with Gasteiger partial charge in [0, 0.05) is 24.8 Å². The Labute approximate surface area is 116 Å². The highest BCUT2D eigenvalue weighted by atomic mass is 16.5. The summed E-state index contributed by atoms with van der Waals surface area (Å²) in [6, 6.07) is 6.68. The minimum absolute atomic E-state index is 0.354. The fourth-order valence-corrected chi connectivity index (χ4v) is 1.20. The van der Waals surface area contributed by atoms with Crippen LogP contribution < -0.4 is 0 Å². The summed E-state index contributed by atoms with van der Waals surface area (Å²) in [6.07, 6.45) is 6.14. The number of hydrogen-bond acceptors (Lipinski definition) is 6. The maximum atomic E-state index is 10.8. The van der Waals surface area contributed by atoms with Gasteiger partial charge in [-0.05, 0) is 24.3 Å². The number of hydrogen-bond donors (Lipinski definition) is 0. The van der Waals surface area contributed by atoms with Crippen LogP contribution in [0.4, 0.5) is 0 Å². The standard InChI is InChI=1S/2C7H7NO2/c2*1-10-7(9)6-3-2-4-8-5-6/h2*2-5H,1H3. The van der Waals surface area contributed by atoms with Crippen molar-refractivity contribution in [1.29, 1.82) is 0 Å². The minimum atomic E-state index is -0.354. The van der Waals surface area contributed by atoms with E-state index in [-0.39, 0.29) is 11.9 Å². The van der Waals surface area contributed by atoms with Gasteiger partial charge in [0.15, 0.2) is 0 Å². The largest absolute Gasteiger partial charge is 0.465 e. The lowest BCUT2D eigenvalue weighted by atomic mass is 10.3. The maximum absolute atomic E-state index is 10.8. The van der Waals surface area contributed by atoms with E-state index in [2.05, 4.69) is 19.4 Å². The topological polar surface area (TPSA) is 78.4 Å². The lowest BCUT2D eigenvalue weighted by molar-refractivity contribution is 0.0591. The summed E-state index contributed by atoms with van der Waals surface area (Å²) in [7, 11) is 2.69. The maximum Gasteiger partial charge on any atom is 0.339 e. The van der Waals surface area contributed by atoms with E-state index >= 15 is 0 Å². The van der Waals surface area contributed by atoms with Crippen LogP contribution in [0.2, 0.25) is 0 Å². The molecule has 20 heavy (non-hydrogen) atoms. The number of methoxy groups -OCH3 is 2. The Morgan fingerprint density at radius 1 is 0.850 bits per heavy atom. The number of rotatable bonds is 2. The number of ether oxygens (including phenoxy) is 2. The van der Waals surface area contributed by atoms with Gasteiger partial charge >= 0.3 is 11.9 Å². The lowest BCUT2D eigenvalue weighted by Gasteiger charge is -1.94. The molecule has 0 aliphatic rings. The monoisotopic (exact) mass is 274 g/mol. The van der Waals surface area contributed by atoms with Crippen LogP contribution in [0.25, 0.3) is 0 Å². The van der Waals surface area contributed by atoms with Crippen molar-refractivity contribution in [2.24, 2.45) is 0 Å². The third-order valence-corrected chi connectivity index (χ3v) is 2.17. The van der Waals surface area contributed by atoms with Crippen LogP contribution in [0.15, 0.2) is 49.1 Å². The Kier molecular flexibility index (Phi) is 6.40. The van der Waals surface area contributed by atoms with Gasteiger partial charge in [-0.15, -0.1) is 0 Å². The molecular formula is C14H14N2O4. The molecule has 0 fully saturated rings. The summed E-state index contributed by atoms with van der Waals surface area (Å²) in [5.41, 5.74) is 0.954. The number of esters is 2. The van der Waals surface area contributed by atoms with Gasteiger partial charge in [-0.3, -0.25) is 9.97 Å². The van der Waals surface area contributed by atoms with Gasteiger partial charge in [0.1, 0.15) is 0 Å². The lowest BCUT2D eigenvalue weighted by Crippen LogP contribution is -2.00. The van der Waals surface area contributed by atoms with E-state index in [4.69, 9.17) is 0 Å². The number of pyridine rings is 2. The Balaban J connectivity index is 0.000000200. The van der Waals surface area contributed by atoms with Crippen LogP contribution in [-0.4, -0.2) is 36.1 Å². The number of carbonyl (C=O) groups is 2. The van der Waals surface area contributed by atoms with Crippen molar-refractivity contribution in [2.45, 2.75) is 0 Å². The van der Waals surface area contributed by atoms with Crippen LogP contribution in [-0.2, 0) is 9.47 Å². The highest BCUT2D eigenvalue weighted by Crippen LogP contribution is 1.97. The number of aromatic nitrogens is 2. The van der Waals surface area contributed by atoms with Crippen molar-refractivity contribution in [3.8, 4) is 0 Å². The van der Waals surface area contributed by atoms with Gasteiger partial charge in [0.2, 0.25) is 0 Å². The first-order valence-electron chi connectivity index (χ1n) is 5.65. The minimum Gasteiger partial charge on any atom is -0.465 e. The van der Waals surface area contributed by atoms with Gasteiger partial charge in [0.25, 0.3) is 0 Å². The van der Waals surface area contributed by atoms with E-state index in [0.717, 1.165) is 0 Å². The fraction of sp³-hybridized carbons (Fsp3) is 0.143. The molecule has 0 N–H and O–H groups in total. The molecule has 0 spiro atoms. The Morgan fingerprint density at radius 2 is 1.25 bits per heavy atom. The normalized spacial score (nSPS) is 8.90. The summed E-state index contributed by atoms with van der Waals surface area (Å²) in [6.45, 7) is 0. The van der Waals surface area contributed by atoms with Gasteiger partial charge in [-0.2, -0.15) is 0 Å². The SMILES string of the molecule is COC(=O)c1cccnc1.COC(=O)c1cccnc1. The summed E-state index contributed by atoms with van der Waals surface area (Å²) >= 11 is 0. The predicted octanol–water partition coefficient (Wildman–Crippen LogP) is 1.74. The molecule has 0 aliphatic carbocycles. The Hall–Kier alpha value is -2.76. The molecule has 6 nitrogen and oxygen atoms in total. The molecule has 2 heterocycles. The van der Waals surface area contributed by atoms with Gasteiger partial charge in [0.05, 0.1) is 25.3 Å². The van der Waals surface area contributed by atoms with Crippen LogP contribution in [0.1, 0.15) is 20.7 Å². The average Bonchev–Trinajstić information content (AvgIpc) is 2.55. The third-order valence-electron chi connectivity index (χ3n) is 2.17. The Morgan fingerprint density at radius 3 is 1.50 bits per heavy atom. The van der Waals surface area contributed by atoms with Crippen molar-refractivity contribution in [2.75, 3.05) is 14.2 Å². The molecule has 0 aromatic carbocycles. The van der Waals surface area contributed by atoms with E-state index in [9.17, 15) is 9.59 Å². The molecule has 6 heteroatoms. The summed E-state index contributed by atoms with van der Waals surface area (Å²) in [5, 5.41) is 0. The van der Waals surface area contributed by atoms with E-state index in [1.165, 1.54) is 26.6 Å². The quantitative estimate of drug-likeness (QED) is 0.776. The molecule has 0 saturated heterocycles. The van der Waals surface area contributed by atoms with E-state index in [0.29, 0.717) is 11.1 Å². The molecule has 2 aromatic heterocycles. The highest BCUT2D eigenvalue weighted by Gasteiger charge is 2.02. The van der Waals surface area contributed by atoms with Crippen LogP contribution in [0.5, 0.6) is 0 Å². The number of carbonyl (C=O) groups excluding carboxylic acids is 2. The first-order valence-corrected chi connectivity index (χ1v) is 5.65. The van der Waals surface area contributed by atoms with E-state index in [1.807, 2.05) is 0 Å². The molecule has 0 saturated carbocycles. The van der Waals surface area contributed by atoms with Crippen molar-refractivity contribution >= 4 is 11.9 Å². The Bertz CT molecular complexity index is 492. The van der Waals surface area contributed by atoms with E-state index < -0.39 is 0 Å². The van der Waals surface area contributed by atoms with Crippen molar-refractivity contribution in [3.05, 3.63) is 60.2 Å².